The van der Waals surface area contributed by atoms with Crippen LogP contribution in [0, 0.1) is 0 Å². The van der Waals surface area contributed by atoms with Crippen molar-refractivity contribution in [1.29, 1.82) is 0 Å². The number of ether oxygens (including phenoxy) is 3. The highest BCUT2D eigenvalue weighted by Crippen LogP contribution is 2.31. The summed E-state index contributed by atoms with van der Waals surface area (Å²) >= 11 is 1.41. The number of amides is 1. The molecule has 0 aliphatic carbocycles. The Morgan fingerprint density at radius 2 is 1.78 bits per heavy atom. The monoisotopic (exact) mass is 397 g/mol. The second kappa shape index (κ2) is 10.0. The number of carbonyl (C=O) groups is 1. The van der Waals surface area contributed by atoms with Crippen molar-refractivity contribution in [2.24, 2.45) is 0 Å². The van der Waals surface area contributed by atoms with Crippen molar-refractivity contribution in [3.05, 3.63) is 48.0 Å². The number of para-hydroxylation sites is 2. The molecule has 1 N–H and O–H groups in total. The lowest BCUT2D eigenvalue weighted by Crippen LogP contribution is -2.22. The summed E-state index contributed by atoms with van der Waals surface area (Å²) in [6.45, 7) is -1.13. The molecule has 1 amide bonds. The molecule has 0 heterocycles. The average Bonchev–Trinajstić information content (AvgIpc) is 2.66. The minimum absolute atomic E-state index is 0.0248. The summed E-state index contributed by atoms with van der Waals surface area (Å²) in [6.07, 6.45) is 0. The van der Waals surface area contributed by atoms with Crippen LogP contribution in [0.2, 0.25) is 0 Å². The normalized spacial score (nSPS) is 11.8. The van der Waals surface area contributed by atoms with Crippen LogP contribution >= 0.6 is 11.8 Å². The number of methoxy groups -OCH3 is 2. The fourth-order valence-electron chi connectivity index (χ4n) is 2.27. The molecular formula is C19H21F2NO4S. The van der Waals surface area contributed by atoms with Crippen molar-refractivity contribution in [2.45, 2.75) is 24.5 Å². The van der Waals surface area contributed by atoms with Gasteiger partial charge in [0.25, 0.3) is 0 Å². The standard InChI is InChI=1S/C19H21F2NO4S/c1-12(18(23)22-14-6-4-5-7-15(14)24-2)27-11-13-8-9-16(26-19(20)21)17(10-13)25-3/h4-10,12,19H,11H2,1-3H3,(H,22,23)/t12-/m0/s1. The van der Waals surface area contributed by atoms with Crippen molar-refractivity contribution in [3.63, 3.8) is 0 Å². The average molecular weight is 397 g/mol. The Kier molecular flexibility index (Phi) is 7.72. The Morgan fingerprint density at radius 1 is 1.07 bits per heavy atom. The van der Waals surface area contributed by atoms with Gasteiger partial charge in [-0.3, -0.25) is 4.79 Å². The van der Waals surface area contributed by atoms with Gasteiger partial charge in [-0.05, 0) is 36.8 Å². The largest absolute Gasteiger partial charge is 0.495 e. The van der Waals surface area contributed by atoms with Crippen LogP contribution in [0.4, 0.5) is 14.5 Å². The van der Waals surface area contributed by atoms with Crippen LogP contribution in [0.15, 0.2) is 42.5 Å². The molecule has 2 rings (SSSR count). The summed E-state index contributed by atoms with van der Waals surface area (Å²) in [6, 6.07) is 11.9. The molecule has 5 nitrogen and oxygen atoms in total. The number of halogens is 2. The van der Waals surface area contributed by atoms with Crippen LogP contribution in [0.5, 0.6) is 17.2 Å². The van der Waals surface area contributed by atoms with Gasteiger partial charge in [-0.15, -0.1) is 11.8 Å². The quantitative estimate of drug-likeness (QED) is 0.672. The molecule has 1 atom stereocenters. The third-order valence-electron chi connectivity index (χ3n) is 3.68. The smallest absolute Gasteiger partial charge is 0.387 e. The number of carbonyl (C=O) groups excluding carboxylic acids is 1. The molecule has 0 aliphatic heterocycles. The second-order valence-electron chi connectivity index (χ2n) is 5.51. The fraction of sp³-hybridized carbons (Fsp3) is 0.316. The van der Waals surface area contributed by atoms with Crippen molar-refractivity contribution < 1.29 is 27.8 Å². The molecule has 2 aromatic carbocycles. The number of hydrogen-bond acceptors (Lipinski definition) is 5. The summed E-state index contributed by atoms with van der Waals surface area (Å²) in [7, 11) is 2.92. The molecule has 8 heteroatoms. The molecule has 0 spiro atoms. The van der Waals surface area contributed by atoms with Gasteiger partial charge in [-0.2, -0.15) is 8.78 Å². The van der Waals surface area contributed by atoms with Gasteiger partial charge in [-0.25, -0.2) is 0 Å². The van der Waals surface area contributed by atoms with Crippen LogP contribution in [-0.2, 0) is 10.5 Å². The fourth-order valence-corrected chi connectivity index (χ4v) is 3.11. The van der Waals surface area contributed by atoms with E-state index in [1.165, 1.54) is 32.0 Å². The molecule has 2 aromatic rings. The maximum atomic E-state index is 12.4. The van der Waals surface area contributed by atoms with Gasteiger partial charge in [0.15, 0.2) is 11.5 Å². The van der Waals surface area contributed by atoms with Gasteiger partial charge in [0.2, 0.25) is 5.91 Å². The van der Waals surface area contributed by atoms with E-state index in [0.29, 0.717) is 17.2 Å². The maximum Gasteiger partial charge on any atom is 0.387 e. The third-order valence-corrected chi connectivity index (χ3v) is 4.89. The van der Waals surface area contributed by atoms with Crippen molar-refractivity contribution in [2.75, 3.05) is 19.5 Å². The van der Waals surface area contributed by atoms with Crippen LogP contribution in [0.1, 0.15) is 12.5 Å². The van der Waals surface area contributed by atoms with E-state index >= 15 is 0 Å². The summed E-state index contributed by atoms with van der Waals surface area (Å²) < 4.78 is 39.5. The lowest BCUT2D eigenvalue weighted by molar-refractivity contribution is -0.115. The number of thioether (sulfide) groups is 1. The molecule has 0 saturated heterocycles. The van der Waals surface area contributed by atoms with Crippen LogP contribution in [-0.4, -0.2) is 32.0 Å². The number of benzene rings is 2. The highest BCUT2D eigenvalue weighted by molar-refractivity contribution is 7.99. The van der Waals surface area contributed by atoms with E-state index in [2.05, 4.69) is 10.1 Å². The number of alkyl halides is 2. The summed E-state index contributed by atoms with van der Waals surface area (Å²) in [5.41, 5.74) is 1.43. The first kappa shape index (κ1) is 20.8. The van der Waals surface area contributed by atoms with E-state index < -0.39 is 6.61 Å². The van der Waals surface area contributed by atoms with E-state index in [4.69, 9.17) is 9.47 Å². The molecule has 146 valence electrons. The zero-order chi connectivity index (χ0) is 19.8. The topological polar surface area (TPSA) is 56.8 Å². The van der Waals surface area contributed by atoms with Gasteiger partial charge < -0.3 is 19.5 Å². The molecule has 0 bridgehead atoms. The van der Waals surface area contributed by atoms with Crippen LogP contribution in [0.3, 0.4) is 0 Å². The first-order chi connectivity index (χ1) is 12.9. The Bertz CT molecular complexity index is 773. The van der Waals surface area contributed by atoms with E-state index in [-0.39, 0.29) is 22.7 Å². The Labute approximate surface area is 161 Å². The summed E-state index contributed by atoms with van der Waals surface area (Å²) in [5, 5.41) is 2.50. The predicted octanol–water partition coefficient (Wildman–Crippen LogP) is 4.57. The molecule has 0 unspecified atom stereocenters. The predicted molar refractivity (Wildman–Crippen MR) is 102 cm³/mol. The lowest BCUT2D eigenvalue weighted by Gasteiger charge is -2.15. The summed E-state index contributed by atoms with van der Waals surface area (Å²) in [5.74, 6) is 1.13. The number of nitrogens with one attached hydrogen (secondary N) is 1. The van der Waals surface area contributed by atoms with E-state index in [1.807, 2.05) is 12.1 Å². The Morgan fingerprint density at radius 3 is 2.44 bits per heavy atom. The Hall–Kier alpha value is -2.48. The maximum absolute atomic E-state index is 12.4. The van der Waals surface area contributed by atoms with Crippen LogP contribution in [0.25, 0.3) is 0 Å². The molecule has 27 heavy (non-hydrogen) atoms. The zero-order valence-corrected chi connectivity index (χ0v) is 16.0. The molecular weight excluding hydrogens is 376 g/mol. The molecule has 0 aliphatic rings. The van der Waals surface area contributed by atoms with E-state index in [9.17, 15) is 13.6 Å². The number of hydrogen-bond donors (Lipinski definition) is 1. The zero-order valence-electron chi connectivity index (χ0n) is 15.2. The van der Waals surface area contributed by atoms with Gasteiger partial charge in [0, 0.05) is 5.75 Å². The SMILES string of the molecule is COc1ccccc1NC(=O)[C@H](C)SCc1ccc(OC(F)F)c(OC)c1. The van der Waals surface area contributed by atoms with E-state index in [1.54, 1.807) is 31.2 Å². The summed E-state index contributed by atoms with van der Waals surface area (Å²) in [4.78, 5) is 12.4. The van der Waals surface area contributed by atoms with Gasteiger partial charge in [0.05, 0.1) is 25.2 Å². The van der Waals surface area contributed by atoms with Crippen molar-refractivity contribution in [1.82, 2.24) is 0 Å². The number of anilines is 1. The molecule has 0 radical (unpaired) electrons. The van der Waals surface area contributed by atoms with Crippen LogP contribution < -0.4 is 19.5 Å². The minimum atomic E-state index is -2.92. The third kappa shape index (κ3) is 6.02. The second-order valence-corrected chi connectivity index (χ2v) is 6.84. The van der Waals surface area contributed by atoms with Gasteiger partial charge >= 0.3 is 6.61 Å². The van der Waals surface area contributed by atoms with Crippen molar-refractivity contribution in [3.8, 4) is 17.2 Å². The molecule has 0 saturated carbocycles. The first-order valence-corrected chi connectivity index (χ1v) is 9.16. The highest BCUT2D eigenvalue weighted by Gasteiger charge is 2.16. The minimum Gasteiger partial charge on any atom is -0.495 e. The number of rotatable bonds is 9. The van der Waals surface area contributed by atoms with E-state index in [0.717, 1.165) is 5.56 Å². The lowest BCUT2D eigenvalue weighted by atomic mass is 10.2. The van der Waals surface area contributed by atoms with Gasteiger partial charge in [-0.1, -0.05) is 18.2 Å². The first-order valence-electron chi connectivity index (χ1n) is 8.11. The van der Waals surface area contributed by atoms with Gasteiger partial charge in [0.1, 0.15) is 5.75 Å². The highest BCUT2D eigenvalue weighted by atomic mass is 32.2. The Balaban J connectivity index is 1.96. The molecule has 0 fully saturated rings. The van der Waals surface area contributed by atoms with Crippen molar-refractivity contribution >= 4 is 23.4 Å². The molecule has 0 aromatic heterocycles.